The molecule has 2 aromatic rings. The molecule has 2 N–H and O–H groups in total. The molecular weight excluding hydrogens is 378 g/mol. The SMILES string of the molecule is CCCC[n+]1cnc2c(c1N)[C@@H](c1ccc(OC)cc1)C1=C(CC(C)(C)CC1=O)O2. The van der Waals surface area contributed by atoms with E-state index in [1.165, 1.54) is 0 Å². The first-order chi connectivity index (χ1) is 14.3. The van der Waals surface area contributed by atoms with Gasteiger partial charge in [-0.3, -0.25) is 4.79 Å². The summed E-state index contributed by atoms with van der Waals surface area (Å²) < 4.78 is 13.5. The number of rotatable bonds is 5. The lowest BCUT2D eigenvalue weighted by Gasteiger charge is -2.37. The summed E-state index contributed by atoms with van der Waals surface area (Å²) in [4.78, 5) is 17.9. The van der Waals surface area contributed by atoms with Crippen LogP contribution in [0.1, 0.15) is 63.5 Å². The minimum atomic E-state index is -0.292. The molecule has 0 fully saturated rings. The van der Waals surface area contributed by atoms with Crippen molar-refractivity contribution in [3.05, 3.63) is 53.1 Å². The zero-order chi connectivity index (χ0) is 21.5. The topological polar surface area (TPSA) is 78.3 Å². The molecule has 1 aliphatic heterocycles. The summed E-state index contributed by atoms with van der Waals surface area (Å²) in [7, 11) is 1.64. The Kier molecular flexibility index (Phi) is 5.26. The van der Waals surface area contributed by atoms with Crippen molar-refractivity contribution < 1.29 is 18.8 Å². The van der Waals surface area contributed by atoms with Crippen LogP contribution in [0.2, 0.25) is 0 Å². The average molecular weight is 409 g/mol. The number of hydrogen-bond acceptors (Lipinski definition) is 5. The van der Waals surface area contributed by atoms with Gasteiger partial charge in [0.1, 0.15) is 17.1 Å². The van der Waals surface area contributed by atoms with Crippen LogP contribution in [0.4, 0.5) is 5.82 Å². The Morgan fingerprint density at radius 2 is 2.00 bits per heavy atom. The normalized spacial score (nSPS) is 19.7. The summed E-state index contributed by atoms with van der Waals surface area (Å²) in [6.07, 6.45) is 5.01. The fraction of sp³-hybridized carbons (Fsp3) is 0.458. The van der Waals surface area contributed by atoms with E-state index in [-0.39, 0.29) is 17.1 Å². The van der Waals surface area contributed by atoms with E-state index in [4.69, 9.17) is 15.2 Å². The van der Waals surface area contributed by atoms with E-state index < -0.39 is 0 Å². The second kappa shape index (κ2) is 7.74. The number of aromatic nitrogens is 2. The van der Waals surface area contributed by atoms with E-state index in [2.05, 4.69) is 25.8 Å². The summed E-state index contributed by atoms with van der Waals surface area (Å²) in [5.41, 5.74) is 8.98. The number of aryl methyl sites for hydroxylation is 1. The maximum atomic E-state index is 13.3. The van der Waals surface area contributed by atoms with Crippen molar-refractivity contribution in [2.24, 2.45) is 5.41 Å². The second-order valence-electron chi connectivity index (χ2n) is 8.98. The number of fused-ring (bicyclic) bond motifs is 1. The fourth-order valence-electron chi connectivity index (χ4n) is 4.46. The third kappa shape index (κ3) is 3.55. The van der Waals surface area contributed by atoms with Crippen molar-refractivity contribution in [1.82, 2.24) is 4.98 Å². The highest BCUT2D eigenvalue weighted by atomic mass is 16.5. The van der Waals surface area contributed by atoms with Crippen molar-refractivity contribution in [1.29, 1.82) is 0 Å². The summed E-state index contributed by atoms with van der Waals surface area (Å²) >= 11 is 0. The molecule has 2 heterocycles. The van der Waals surface area contributed by atoms with E-state index in [9.17, 15) is 4.79 Å². The maximum Gasteiger partial charge on any atom is 0.305 e. The summed E-state index contributed by atoms with van der Waals surface area (Å²) in [6, 6.07) is 7.83. The van der Waals surface area contributed by atoms with Gasteiger partial charge in [0, 0.05) is 18.4 Å². The monoisotopic (exact) mass is 408 g/mol. The van der Waals surface area contributed by atoms with Crippen LogP contribution in [0.25, 0.3) is 0 Å². The highest BCUT2D eigenvalue weighted by Gasteiger charge is 2.45. The molecule has 0 unspecified atom stereocenters. The third-order valence-corrected chi connectivity index (χ3v) is 6.01. The Bertz CT molecular complexity index is 1010. The minimum absolute atomic E-state index is 0.121. The number of carbonyl (C=O) groups is 1. The average Bonchev–Trinajstić information content (AvgIpc) is 2.71. The van der Waals surface area contributed by atoms with Crippen LogP contribution >= 0.6 is 0 Å². The lowest BCUT2D eigenvalue weighted by molar-refractivity contribution is -0.686. The second-order valence-corrected chi connectivity index (χ2v) is 8.98. The van der Waals surface area contributed by atoms with E-state index in [0.29, 0.717) is 30.1 Å². The molecule has 30 heavy (non-hydrogen) atoms. The predicted molar refractivity (Wildman–Crippen MR) is 114 cm³/mol. The van der Waals surface area contributed by atoms with Gasteiger partial charge in [0.2, 0.25) is 12.1 Å². The first-order valence-corrected chi connectivity index (χ1v) is 10.6. The number of nitrogens with zero attached hydrogens (tertiary/aromatic N) is 2. The van der Waals surface area contributed by atoms with Crippen LogP contribution in [0.3, 0.4) is 0 Å². The standard InChI is InChI=1S/C24H29N3O3/c1-5-6-11-27-14-26-23-21(22(27)25)19(15-7-9-16(29-4)10-8-15)20-17(28)12-24(2,3)13-18(20)30-23/h7-10,14,19,25H,5-6,11-13H2,1-4H3/p+1/t19-/m0/s1. The van der Waals surface area contributed by atoms with Crippen molar-refractivity contribution in [3.8, 4) is 11.6 Å². The molecular formula is C24H30N3O3+. The number of carbonyl (C=O) groups excluding carboxylic acids is 1. The minimum Gasteiger partial charge on any atom is -0.497 e. The Morgan fingerprint density at radius 3 is 2.67 bits per heavy atom. The first kappa shape index (κ1) is 20.4. The van der Waals surface area contributed by atoms with Gasteiger partial charge in [-0.05, 0) is 29.5 Å². The number of methoxy groups -OCH3 is 1. The molecule has 0 amide bonds. The molecule has 1 aromatic carbocycles. The maximum absolute atomic E-state index is 13.3. The van der Waals surface area contributed by atoms with E-state index in [1.54, 1.807) is 13.4 Å². The molecule has 0 bridgehead atoms. The molecule has 1 aromatic heterocycles. The highest BCUT2D eigenvalue weighted by Crippen LogP contribution is 2.50. The molecule has 6 heteroatoms. The van der Waals surface area contributed by atoms with Gasteiger partial charge >= 0.3 is 5.88 Å². The van der Waals surface area contributed by atoms with Crippen LogP contribution in [0.15, 0.2) is 41.9 Å². The zero-order valence-corrected chi connectivity index (χ0v) is 18.2. The van der Waals surface area contributed by atoms with Crippen LogP contribution in [-0.4, -0.2) is 17.9 Å². The molecule has 0 spiro atoms. The largest absolute Gasteiger partial charge is 0.497 e. The van der Waals surface area contributed by atoms with Crippen molar-refractivity contribution in [3.63, 3.8) is 0 Å². The van der Waals surface area contributed by atoms with Crippen molar-refractivity contribution in [2.75, 3.05) is 12.8 Å². The number of ketones is 1. The van der Waals surface area contributed by atoms with E-state index in [1.807, 2.05) is 28.8 Å². The van der Waals surface area contributed by atoms with Gasteiger partial charge in [0.25, 0.3) is 0 Å². The molecule has 4 rings (SSSR count). The van der Waals surface area contributed by atoms with Crippen LogP contribution in [0.5, 0.6) is 11.6 Å². The molecule has 1 atom stereocenters. The Hall–Kier alpha value is -2.89. The van der Waals surface area contributed by atoms with Crippen molar-refractivity contribution >= 4 is 11.6 Å². The van der Waals surface area contributed by atoms with E-state index in [0.717, 1.165) is 42.0 Å². The number of unbranched alkanes of at least 4 members (excludes halogenated alkanes) is 1. The first-order valence-electron chi connectivity index (χ1n) is 10.6. The number of benzene rings is 1. The van der Waals surface area contributed by atoms with Crippen molar-refractivity contribution in [2.45, 2.75) is 58.9 Å². The molecule has 0 saturated carbocycles. The number of Topliss-reactive ketones (excluding diaryl/α,β-unsaturated/α-hetero) is 1. The van der Waals surface area contributed by atoms with Crippen LogP contribution in [0, 0.1) is 5.41 Å². The van der Waals surface area contributed by atoms with Gasteiger partial charge in [-0.25, -0.2) is 4.57 Å². The van der Waals surface area contributed by atoms with Crippen LogP contribution < -0.4 is 19.8 Å². The molecule has 2 aliphatic rings. The summed E-state index contributed by atoms with van der Waals surface area (Å²) in [5.74, 6) is 2.44. The third-order valence-electron chi connectivity index (χ3n) is 6.01. The molecule has 6 nitrogen and oxygen atoms in total. The Balaban J connectivity index is 1.90. The lowest BCUT2D eigenvalue weighted by Crippen LogP contribution is -2.41. The zero-order valence-electron chi connectivity index (χ0n) is 18.2. The number of nitrogen functional groups attached to an aromatic ring is 1. The number of allylic oxidation sites excluding steroid dienone is 2. The fourth-order valence-corrected chi connectivity index (χ4v) is 4.46. The molecule has 158 valence electrons. The van der Waals surface area contributed by atoms with Gasteiger partial charge in [0.15, 0.2) is 5.78 Å². The predicted octanol–water partition coefficient (Wildman–Crippen LogP) is 3.93. The molecule has 0 radical (unpaired) electrons. The lowest BCUT2D eigenvalue weighted by atomic mass is 9.70. The van der Waals surface area contributed by atoms with Crippen LogP contribution in [-0.2, 0) is 11.3 Å². The highest BCUT2D eigenvalue weighted by molar-refractivity contribution is 6.00. The Labute approximate surface area is 177 Å². The number of ether oxygens (including phenoxy) is 2. The quantitative estimate of drug-likeness (QED) is 0.759. The van der Waals surface area contributed by atoms with E-state index >= 15 is 0 Å². The smallest absolute Gasteiger partial charge is 0.305 e. The van der Waals surface area contributed by atoms with Gasteiger partial charge < -0.3 is 15.2 Å². The summed E-state index contributed by atoms with van der Waals surface area (Å²) in [6.45, 7) is 7.12. The molecule has 0 saturated heterocycles. The number of anilines is 1. The molecule has 1 aliphatic carbocycles. The number of nitrogens with two attached hydrogens (primary N) is 1. The van der Waals surface area contributed by atoms with Gasteiger partial charge in [-0.1, -0.05) is 44.3 Å². The number of hydrogen-bond donors (Lipinski definition) is 1. The Morgan fingerprint density at radius 1 is 1.27 bits per heavy atom. The van der Waals surface area contributed by atoms with Gasteiger partial charge in [-0.15, -0.1) is 0 Å². The summed E-state index contributed by atoms with van der Waals surface area (Å²) in [5, 5.41) is 0. The van der Waals surface area contributed by atoms with Gasteiger partial charge in [-0.2, -0.15) is 0 Å². The van der Waals surface area contributed by atoms with Gasteiger partial charge in [0.05, 0.1) is 19.6 Å².